The molecule has 4 heterocycles. The lowest BCUT2D eigenvalue weighted by molar-refractivity contribution is -0.143. The van der Waals surface area contributed by atoms with Crippen molar-refractivity contribution < 1.29 is 22.4 Å². The van der Waals surface area contributed by atoms with Crippen molar-refractivity contribution >= 4 is 32.9 Å². The lowest BCUT2D eigenvalue weighted by atomic mass is 9.81. The average molecular weight is 634 g/mol. The van der Waals surface area contributed by atoms with Gasteiger partial charge in [-0.25, -0.2) is 13.8 Å². The van der Waals surface area contributed by atoms with Crippen LogP contribution < -0.4 is 9.44 Å². The summed E-state index contributed by atoms with van der Waals surface area (Å²) in [6, 6.07) is 10.8. The molecule has 2 unspecified atom stereocenters. The molecule has 1 aromatic heterocycles. The number of hydrogen-bond acceptors (Lipinski definition) is 5. The Labute approximate surface area is 263 Å². The first kappa shape index (κ1) is 29.1. The molecule has 2 amide bonds. The van der Waals surface area contributed by atoms with E-state index in [0.717, 1.165) is 79.3 Å². The first-order valence-corrected chi connectivity index (χ1v) is 17.8. The fraction of sp³-hybridized carbons (Fsp3) is 0.529. The molecular formula is C34H40FN5O4S. The van der Waals surface area contributed by atoms with Crippen molar-refractivity contribution in [2.24, 2.45) is 5.41 Å². The van der Waals surface area contributed by atoms with Gasteiger partial charge < -0.3 is 14.4 Å². The zero-order valence-electron chi connectivity index (χ0n) is 25.8. The van der Waals surface area contributed by atoms with Crippen molar-refractivity contribution in [1.29, 1.82) is 0 Å². The summed E-state index contributed by atoms with van der Waals surface area (Å²) in [6.45, 7) is 2.18. The minimum absolute atomic E-state index is 0.0869. The summed E-state index contributed by atoms with van der Waals surface area (Å²) in [7, 11) is -0.620. The van der Waals surface area contributed by atoms with Crippen molar-refractivity contribution in [1.82, 2.24) is 23.8 Å². The lowest BCUT2D eigenvalue weighted by Crippen LogP contribution is -2.57. The molecule has 3 aliphatic heterocycles. The highest BCUT2D eigenvalue weighted by atomic mass is 32.2. The maximum absolute atomic E-state index is 15.0. The molecule has 5 aliphatic rings. The average Bonchev–Trinajstić information content (AvgIpc) is 3.61. The molecule has 238 valence electrons. The Bertz CT molecular complexity index is 1840. The number of nitrogens with zero attached hydrogens (tertiary/aromatic N) is 3. The maximum Gasteiger partial charge on any atom is 0.301 e. The van der Waals surface area contributed by atoms with Crippen LogP contribution in [0.4, 0.5) is 4.39 Å². The first-order valence-electron chi connectivity index (χ1n) is 16.3. The predicted molar refractivity (Wildman–Crippen MR) is 170 cm³/mol. The van der Waals surface area contributed by atoms with Crippen LogP contribution in [0, 0.1) is 11.2 Å². The molecule has 2 bridgehead atoms. The molecule has 9 nitrogen and oxygen atoms in total. The van der Waals surface area contributed by atoms with Gasteiger partial charge in [0.15, 0.2) is 0 Å². The molecule has 2 aromatic carbocycles. The van der Waals surface area contributed by atoms with Crippen LogP contribution in [0.3, 0.4) is 0 Å². The molecule has 2 N–H and O–H groups in total. The second kappa shape index (κ2) is 10.4. The van der Waals surface area contributed by atoms with E-state index in [1.54, 1.807) is 18.2 Å². The summed E-state index contributed by atoms with van der Waals surface area (Å²) in [4.78, 5) is 32.5. The van der Waals surface area contributed by atoms with Gasteiger partial charge in [-0.2, -0.15) is 8.42 Å². The fourth-order valence-corrected chi connectivity index (χ4v) is 9.69. The normalized spacial score (nSPS) is 27.9. The largest absolute Gasteiger partial charge is 0.339 e. The molecule has 45 heavy (non-hydrogen) atoms. The van der Waals surface area contributed by atoms with E-state index in [-0.39, 0.29) is 35.3 Å². The Hall–Kier alpha value is -3.28. The van der Waals surface area contributed by atoms with Gasteiger partial charge in [0.2, 0.25) is 5.91 Å². The number of halogens is 1. The quantitative estimate of drug-likeness (QED) is 0.432. The van der Waals surface area contributed by atoms with E-state index in [1.165, 1.54) is 25.1 Å². The van der Waals surface area contributed by atoms with Gasteiger partial charge in [-0.3, -0.25) is 9.59 Å². The van der Waals surface area contributed by atoms with Crippen LogP contribution in [0.1, 0.15) is 84.7 Å². The van der Waals surface area contributed by atoms with Gasteiger partial charge in [-0.05, 0) is 86.5 Å². The zero-order valence-corrected chi connectivity index (χ0v) is 26.6. The van der Waals surface area contributed by atoms with Crippen LogP contribution in [0.5, 0.6) is 0 Å². The van der Waals surface area contributed by atoms with E-state index in [1.807, 2.05) is 12.1 Å². The predicted octanol–water partition coefficient (Wildman–Crippen LogP) is 4.48. The second-order valence-corrected chi connectivity index (χ2v) is 15.6. The Morgan fingerprint density at radius 2 is 1.71 bits per heavy atom. The Morgan fingerprint density at radius 1 is 0.978 bits per heavy atom. The van der Waals surface area contributed by atoms with Crippen LogP contribution in [-0.2, 0) is 21.5 Å². The summed E-state index contributed by atoms with van der Waals surface area (Å²) in [5.41, 5.74) is 4.44. The number of aromatic nitrogens is 1. The lowest BCUT2D eigenvalue weighted by Gasteiger charge is -2.41. The third-order valence-electron chi connectivity index (χ3n) is 11.4. The zero-order chi connectivity index (χ0) is 31.2. The van der Waals surface area contributed by atoms with E-state index in [9.17, 15) is 18.0 Å². The Morgan fingerprint density at radius 3 is 2.42 bits per heavy atom. The van der Waals surface area contributed by atoms with Gasteiger partial charge in [0.1, 0.15) is 5.82 Å². The molecule has 2 saturated heterocycles. The number of carbonyl (C=O) groups excluding carboxylic acids is 2. The number of likely N-dealkylation sites (tertiary alicyclic amines) is 1. The number of benzene rings is 2. The Balaban J connectivity index is 1.32. The SMILES string of the molecule is CNS(=O)(=O)NC(=O)c1ccc2c(C3CCCCC3)c3n(c2c1)C[C@@]1(C(=O)N2C4CCC2CN(C)C4)C[C@H]1c1cc(F)ccc1-3. The van der Waals surface area contributed by atoms with E-state index >= 15 is 4.39 Å². The van der Waals surface area contributed by atoms with Gasteiger partial charge in [-0.1, -0.05) is 25.3 Å². The molecule has 11 heteroatoms. The highest BCUT2D eigenvalue weighted by molar-refractivity contribution is 7.88. The Kier molecular flexibility index (Phi) is 6.71. The molecule has 0 spiro atoms. The van der Waals surface area contributed by atoms with Crippen molar-refractivity contribution in [3.05, 3.63) is 58.9 Å². The van der Waals surface area contributed by atoms with Crippen LogP contribution in [0.25, 0.3) is 22.2 Å². The highest BCUT2D eigenvalue weighted by Gasteiger charge is 2.65. The van der Waals surface area contributed by atoms with Crippen LogP contribution in [-0.4, -0.2) is 73.9 Å². The highest BCUT2D eigenvalue weighted by Crippen LogP contribution is 2.66. The fourth-order valence-electron chi connectivity index (χ4n) is 9.22. The molecule has 2 aliphatic carbocycles. The van der Waals surface area contributed by atoms with Gasteiger partial charge >= 0.3 is 10.2 Å². The summed E-state index contributed by atoms with van der Waals surface area (Å²) in [6.07, 6.45) is 8.22. The molecule has 4 fully saturated rings. The summed E-state index contributed by atoms with van der Waals surface area (Å²) >= 11 is 0. The van der Waals surface area contributed by atoms with Crippen LogP contribution in [0.2, 0.25) is 0 Å². The topological polar surface area (TPSA) is 104 Å². The van der Waals surface area contributed by atoms with E-state index in [4.69, 9.17) is 0 Å². The number of fused-ring (bicyclic) bond motifs is 9. The summed E-state index contributed by atoms with van der Waals surface area (Å²) in [5, 5.41) is 1.02. The van der Waals surface area contributed by atoms with Crippen molar-refractivity contribution in [3.63, 3.8) is 0 Å². The van der Waals surface area contributed by atoms with E-state index in [2.05, 4.69) is 30.9 Å². The minimum Gasteiger partial charge on any atom is -0.339 e. The smallest absolute Gasteiger partial charge is 0.301 e. The second-order valence-electron chi connectivity index (χ2n) is 14.0. The number of likely N-dealkylation sites (N-methyl/N-ethyl adjacent to an activating group) is 1. The van der Waals surface area contributed by atoms with Crippen molar-refractivity contribution in [3.8, 4) is 11.3 Å². The number of piperazine rings is 1. The van der Waals surface area contributed by atoms with Crippen molar-refractivity contribution in [2.75, 3.05) is 27.2 Å². The molecule has 8 rings (SSSR count). The van der Waals surface area contributed by atoms with Crippen molar-refractivity contribution in [2.45, 2.75) is 81.8 Å². The van der Waals surface area contributed by atoms with Gasteiger partial charge in [-0.15, -0.1) is 0 Å². The number of amides is 2. The van der Waals surface area contributed by atoms with Gasteiger partial charge in [0.05, 0.1) is 11.1 Å². The number of hydrogen-bond donors (Lipinski definition) is 2. The maximum atomic E-state index is 15.0. The molecular weight excluding hydrogens is 593 g/mol. The van der Waals surface area contributed by atoms with Crippen LogP contribution in [0.15, 0.2) is 36.4 Å². The first-order chi connectivity index (χ1) is 21.6. The molecule has 4 atom stereocenters. The van der Waals surface area contributed by atoms with Gasteiger partial charge in [0, 0.05) is 66.7 Å². The number of carbonyl (C=O) groups is 2. The van der Waals surface area contributed by atoms with E-state index < -0.39 is 21.5 Å². The third kappa shape index (κ3) is 4.56. The molecule has 2 saturated carbocycles. The standard InChI is InChI=1S/C34H40FN5O4S/c1-36-45(43,44)37-32(41)21-8-12-26-29(14-21)39-19-34(33(42)40-23-10-11-24(40)18-38(2)17-23)16-28(34)27-15-22(35)9-13-25(27)31(39)30(26)20-6-4-3-5-7-20/h8-9,12-15,20,23-24,28,36H,3-7,10-11,16-19H2,1-2H3,(H,37,41)/t23?,24?,28-,34-/m0/s1. The number of nitrogens with one attached hydrogen (secondary N) is 2. The van der Waals surface area contributed by atoms with Gasteiger partial charge in [0.25, 0.3) is 5.91 Å². The van der Waals surface area contributed by atoms with E-state index in [0.29, 0.717) is 18.9 Å². The minimum atomic E-state index is -3.99. The monoisotopic (exact) mass is 633 g/mol. The van der Waals surface area contributed by atoms with Crippen LogP contribution >= 0.6 is 0 Å². The summed E-state index contributed by atoms with van der Waals surface area (Å²) < 4.78 is 45.8. The molecule has 0 radical (unpaired) electrons. The number of rotatable bonds is 5. The third-order valence-corrected chi connectivity index (χ3v) is 12.4. The molecule has 3 aromatic rings. The summed E-state index contributed by atoms with van der Waals surface area (Å²) in [5.74, 6) is -0.631.